The Kier molecular flexibility index (Phi) is 4.40. The first-order chi connectivity index (χ1) is 6.36. The third-order valence-electron chi connectivity index (χ3n) is 1.49. The Hall–Kier alpha value is -0.960. The highest BCUT2D eigenvalue weighted by Gasteiger charge is 1.92. The summed E-state index contributed by atoms with van der Waals surface area (Å²) in [5, 5.41) is 0. The molecule has 0 spiro atoms. The second-order valence-corrected chi connectivity index (χ2v) is 2.88. The smallest absolute Gasteiger partial charge is 0.120 e. The normalized spacial score (nSPS) is 10.3. The Morgan fingerprint density at radius 3 is 2.38 bits per heavy atom. The van der Waals surface area contributed by atoms with E-state index in [1.54, 1.807) is 12.1 Å². The molecule has 0 aliphatic carbocycles. The highest BCUT2D eigenvalue weighted by molar-refractivity contribution is 9.11. The molecule has 0 saturated carbocycles. The maximum atomic E-state index is 5.37. The molecule has 0 heterocycles. The van der Waals surface area contributed by atoms with Crippen LogP contribution in [0.2, 0.25) is 0 Å². The van der Waals surface area contributed by atoms with Crippen molar-refractivity contribution in [2.24, 2.45) is 0 Å². The van der Waals surface area contributed by atoms with Crippen molar-refractivity contribution in [3.8, 4) is 11.5 Å². The summed E-state index contributed by atoms with van der Waals surface area (Å²) in [4.78, 5) is 1.77. The second kappa shape index (κ2) is 5.65. The van der Waals surface area contributed by atoms with E-state index in [0.29, 0.717) is 6.61 Å². The minimum Gasteiger partial charge on any atom is -0.497 e. The van der Waals surface area contributed by atoms with E-state index >= 15 is 0 Å². The fourth-order valence-electron chi connectivity index (χ4n) is 0.853. The summed E-state index contributed by atoms with van der Waals surface area (Å²) < 4.78 is 10.4. The zero-order chi connectivity index (χ0) is 9.52. The van der Waals surface area contributed by atoms with Crippen molar-refractivity contribution in [1.29, 1.82) is 0 Å². The zero-order valence-corrected chi connectivity index (χ0v) is 8.95. The maximum absolute atomic E-state index is 5.37. The van der Waals surface area contributed by atoms with E-state index in [2.05, 4.69) is 15.9 Å². The molecule has 0 aliphatic rings. The van der Waals surface area contributed by atoms with Crippen LogP contribution in [0.15, 0.2) is 35.3 Å². The van der Waals surface area contributed by atoms with Gasteiger partial charge in [0, 0.05) is 0 Å². The molecule has 0 saturated heterocycles. The van der Waals surface area contributed by atoms with Gasteiger partial charge in [-0.3, -0.25) is 0 Å². The minimum absolute atomic E-state index is 0.567. The predicted octanol–water partition coefficient (Wildman–Crippen LogP) is 2.98. The second-order valence-electron chi connectivity index (χ2n) is 2.35. The molecule has 0 aliphatic heterocycles. The van der Waals surface area contributed by atoms with Crippen LogP contribution in [0.25, 0.3) is 0 Å². The quantitative estimate of drug-likeness (QED) is 0.809. The summed E-state index contributed by atoms with van der Waals surface area (Å²) in [5.74, 6) is 1.68. The van der Waals surface area contributed by atoms with Gasteiger partial charge in [0.25, 0.3) is 0 Å². The van der Waals surface area contributed by atoms with Crippen LogP contribution < -0.4 is 9.47 Å². The summed E-state index contributed by atoms with van der Waals surface area (Å²) in [6, 6.07) is 7.49. The molecule has 13 heavy (non-hydrogen) atoms. The molecule has 0 amide bonds. The van der Waals surface area contributed by atoms with Crippen LogP contribution in [0.4, 0.5) is 0 Å². The minimum atomic E-state index is 0.567. The molecule has 0 atom stereocenters. The van der Waals surface area contributed by atoms with E-state index in [1.165, 1.54) is 0 Å². The lowest BCUT2D eigenvalue weighted by atomic mass is 10.3. The molecule has 0 fully saturated rings. The number of hydrogen-bond acceptors (Lipinski definition) is 2. The maximum Gasteiger partial charge on any atom is 0.120 e. The van der Waals surface area contributed by atoms with Crippen molar-refractivity contribution < 1.29 is 9.47 Å². The SMILES string of the molecule is COc1ccc(OC/C=C/Br)cc1. The molecule has 0 radical (unpaired) electrons. The Bertz CT molecular complexity index is 267. The summed E-state index contributed by atoms with van der Waals surface area (Å²) in [6.07, 6.45) is 1.88. The predicted molar refractivity (Wildman–Crippen MR) is 56.6 cm³/mol. The highest BCUT2D eigenvalue weighted by Crippen LogP contribution is 2.16. The first-order valence-corrected chi connectivity index (χ1v) is 4.80. The monoisotopic (exact) mass is 242 g/mol. The van der Waals surface area contributed by atoms with Crippen LogP contribution in [0, 0.1) is 0 Å². The topological polar surface area (TPSA) is 18.5 Å². The first-order valence-electron chi connectivity index (χ1n) is 3.89. The van der Waals surface area contributed by atoms with Gasteiger partial charge in [0.2, 0.25) is 0 Å². The van der Waals surface area contributed by atoms with Gasteiger partial charge >= 0.3 is 0 Å². The van der Waals surface area contributed by atoms with Crippen molar-refractivity contribution in [1.82, 2.24) is 0 Å². The third-order valence-corrected chi connectivity index (χ3v) is 1.87. The van der Waals surface area contributed by atoms with Gasteiger partial charge in [0.05, 0.1) is 7.11 Å². The van der Waals surface area contributed by atoms with E-state index < -0.39 is 0 Å². The van der Waals surface area contributed by atoms with Gasteiger partial charge in [-0.15, -0.1) is 0 Å². The highest BCUT2D eigenvalue weighted by atomic mass is 79.9. The average molecular weight is 243 g/mol. The molecule has 2 nitrogen and oxygen atoms in total. The number of benzene rings is 1. The lowest BCUT2D eigenvalue weighted by Gasteiger charge is -2.03. The molecule has 1 aromatic carbocycles. The van der Waals surface area contributed by atoms with E-state index in [0.717, 1.165) is 11.5 Å². The van der Waals surface area contributed by atoms with Crippen molar-refractivity contribution in [2.75, 3.05) is 13.7 Å². The van der Waals surface area contributed by atoms with E-state index in [4.69, 9.17) is 9.47 Å². The van der Waals surface area contributed by atoms with Crippen LogP contribution in [0.5, 0.6) is 11.5 Å². The lowest BCUT2D eigenvalue weighted by Crippen LogP contribution is -1.92. The summed E-state index contributed by atoms with van der Waals surface area (Å²) in [6.45, 7) is 0.567. The summed E-state index contributed by atoms with van der Waals surface area (Å²) in [5.41, 5.74) is 0. The molecule has 0 N–H and O–H groups in total. The van der Waals surface area contributed by atoms with Crippen LogP contribution >= 0.6 is 15.9 Å². The van der Waals surface area contributed by atoms with Crippen LogP contribution in [0.3, 0.4) is 0 Å². The number of ether oxygens (including phenoxy) is 2. The standard InChI is InChI=1S/C10H11BrO2/c1-12-9-3-5-10(6-4-9)13-8-2-7-11/h2-7H,8H2,1H3/b7-2+. The fraction of sp³-hybridized carbons (Fsp3) is 0.200. The molecule has 0 aromatic heterocycles. The molecule has 70 valence electrons. The van der Waals surface area contributed by atoms with Crippen molar-refractivity contribution in [2.45, 2.75) is 0 Å². The van der Waals surface area contributed by atoms with Crippen LogP contribution in [0.1, 0.15) is 0 Å². The summed E-state index contributed by atoms with van der Waals surface area (Å²) >= 11 is 3.17. The Morgan fingerprint density at radius 2 is 1.85 bits per heavy atom. The molecular formula is C10H11BrO2. The average Bonchev–Trinajstić information content (AvgIpc) is 2.19. The van der Waals surface area contributed by atoms with E-state index in [1.807, 2.05) is 30.3 Å². The van der Waals surface area contributed by atoms with Gasteiger partial charge in [0.15, 0.2) is 0 Å². The van der Waals surface area contributed by atoms with Gasteiger partial charge in [-0.2, -0.15) is 0 Å². The van der Waals surface area contributed by atoms with Crippen LogP contribution in [-0.4, -0.2) is 13.7 Å². The summed E-state index contributed by atoms with van der Waals surface area (Å²) in [7, 11) is 1.64. The van der Waals surface area contributed by atoms with Crippen LogP contribution in [-0.2, 0) is 0 Å². The fourth-order valence-corrected chi connectivity index (χ4v) is 1.01. The van der Waals surface area contributed by atoms with E-state index in [-0.39, 0.29) is 0 Å². The van der Waals surface area contributed by atoms with Crippen molar-refractivity contribution in [3.63, 3.8) is 0 Å². The molecule has 0 unspecified atom stereocenters. The largest absolute Gasteiger partial charge is 0.497 e. The number of hydrogen-bond donors (Lipinski definition) is 0. The molecular weight excluding hydrogens is 232 g/mol. The Morgan fingerprint density at radius 1 is 1.23 bits per heavy atom. The number of methoxy groups -OCH3 is 1. The lowest BCUT2D eigenvalue weighted by molar-refractivity contribution is 0.361. The van der Waals surface area contributed by atoms with Gasteiger partial charge in [-0.05, 0) is 35.3 Å². The molecule has 3 heteroatoms. The molecule has 1 aromatic rings. The molecule has 0 bridgehead atoms. The number of rotatable bonds is 4. The third kappa shape index (κ3) is 3.51. The van der Waals surface area contributed by atoms with Crippen molar-refractivity contribution >= 4 is 15.9 Å². The zero-order valence-electron chi connectivity index (χ0n) is 7.37. The number of halogens is 1. The Balaban J connectivity index is 2.49. The van der Waals surface area contributed by atoms with E-state index in [9.17, 15) is 0 Å². The van der Waals surface area contributed by atoms with Crippen molar-refractivity contribution in [3.05, 3.63) is 35.3 Å². The first kappa shape index (κ1) is 10.1. The Labute approximate surface area is 86.3 Å². The van der Waals surface area contributed by atoms with Gasteiger partial charge in [-0.25, -0.2) is 0 Å². The molecule has 1 rings (SSSR count). The van der Waals surface area contributed by atoms with Gasteiger partial charge in [-0.1, -0.05) is 15.9 Å². The van der Waals surface area contributed by atoms with Gasteiger partial charge < -0.3 is 9.47 Å². The van der Waals surface area contributed by atoms with Gasteiger partial charge in [0.1, 0.15) is 18.1 Å².